The van der Waals surface area contributed by atoms with Gasteiger partial charge in [-0.05, 0) is 83.8 Å². The molecule has 0 aliphatic carbocycles. The average molecular weight is 819 g/mol. The van der Waals surface area contributed by atoms with Gasteiger partial charge in [0.1, 0.15) is 5.82 Å². The van der Waals surface area contributed by atoms with Crippen LogP contribution in [0.5, 0.6) is 11.5 Å². The first-order chi connectivity index (χ1) is 23.2. The molecular formula is C42H33N5OPt. The maximum atomic E-state index is 6.53. The van der Waals surface area contributed by atoms with E-state index < -0.39 is 0 Å². The Hall–Kier alpha value is -5.19. The van der Waals surface area contributed by atoms with Crippen molar-refractivity contribution in [2.24, 2.45) is 0 Å². The maximum Gasteiger partial charge on any atom is 2.00 e. The Labute approximate surface area is 298 Å². The topological polar surface area (TPSA) is 49.3 Å². The molecule has 5 aromatic carbocycles. The zero-order chi connectivity index (χ0) is 32.7. The molecule has 0 spiro atoms. The number of nitrogens with zero attached hydrogens (tertiary/aromatic N) is 5. The monoisotopic (exact) mass is 818 g/mol. The molecule has 0 bridgehead atoms. The molecule has 6 nitrogen and oxygen atoms in total. The van der Waals surface area contributed by atoms with E-state index in [1.54, 1.807) is 0 Å². The number of para-hydroxylation sites is 3. The van der Waals surface area contributed by atoms with Crippen LogP contribution in [0.15, 0.2) is 109 Å². The van der Waals surface area contributed by atoms with Crippen LogP contribution in [0.2, 0.25) is 0 Å². The molecule has 7 heteroatoms. The number of aryl methyl sites for hydroxylation is 2. The van der Waals surface area contributed by atoms with Crippen LogP contribution in [0.25, 0.3) is 61.2 Å². The van der Waals surface area contributed by atoms with Gasteiger partial charge >= 0.3 is 21.1 Å². The van der Waals surface area contributed by atoms with Gasteiger partial charge in [-0.15, -0.1) is 35.7 Å². The zero-order valence-corrected chi connectivity index (χ0v) is 30.1. The molecule has 242 valence electrons. The molecule has 49 heavy (non-hydrogen) atoms. The van der Waals surface area contributed by atoms with Gasteiger partial charge < -0.3 is 13.9 Å². The minimum absolute atomic E-state index is 0. The van der Waals surface area contributed by atoms with Crippen LogP contribution in [-0.4, -0.2) is 23.5 Å². The van der Waals surface area contributed by atoms with Crippen molar-refractivity contribution in [3.05, 3.63) is 138 Å². The molecule has 0 aliphatic rings. The molecule has 0 N–H and O–H groups in total. The van der Waals surface area contributed by atoms with Crippen LogP contribution in [0.4, 0.5) is 0 Å². The van der Waals surface area contributed by atoms with Crippen molar-refractivity contribution in [2.45, 2.75) is 40.0 Å². The normalized spacial score (nSPS) is 12.0. The Morgan fingerprint density at radius 1 is 0.653 bits per heavy atom. The van der Waals surface area contributed by atoms with Crippen molar-refractivity contribution >= 4 is 49.7 Å². The molecule has 0 amide bonds. The van der Waals surface area contributed by atoms with Crippen LogP contribution in [0.3, 0.4) is 0 Å². The number of pyridine rings is 1. The molecule has 0 fully saturated rings. The third-order valence-electron chi connectivity index (χ3n) is 9.43. The summed E-state index contributed by atoms with van der Waals surface area (Å²) in [6.07, 6.45) is 1.89. The molecule has 0 radical (unpaired) electrons. The third kappa shape index (κ3) is 4.97. The molecule has 9 rings (SSSR count). The van der Waals surface area contributed by atoms with Gasteiger partial charge in [0.25, 0.3) is 0 Å². The second-order valence-electron chi connectivity index (χ2n) is 13.6. The second-order valence-corrected chi connectivity index (χ2v) is 13.6. The smallest absolute Gasteiger partial charge is 0.509 e. The van der Waals surface area contributed by atoms with Crippen molar-refractivity contribution in [3.8, 4) is 23.0 Å². The molecule has 4 aromatic heterocycles. The van der Waals surface area contributed by atoms with Gasteiger partial charge in [0.2, 0.25) is 5.78 Å². The Bertz CT molecular complexity index is 2730. The molecule has 0 saturated carbocycles. The molecule has 9 aromatic rings. The molecule has 0 unspecified atom stereocenters. The molecule has 0 aliphatic heterocycles. The number of fused-ring (bicyclic) bond motifs is 8. The summed E-state index contributed by atoms with van der Waals surface area (Å²) in [5.74, 6) is 2.90. The molecule has 0 atom stereocenters. The van der Waals surface area contributed by atoms with Gasteiger partial charge in [-0.3, -0.25) is 4.40 Å². The quantitative estimate of drug-likeness (QED) is 0.166. The van der Waals surface area contributed by atoms with Gasteiger partial charge in [-0.2, -0.15) is 12.1 Å². The fourth-order valence-electron chi connectivity index (χ4n) is 6.81. The average Bonchev–Trinajstić information content (AvgIpc) is 3.71. The van der Waals surface area contributed by atoms with E-state index in [1.165, 1.54) is 16.7 Å². The number of hydrogen-bond donors (Lipinski definition) is 0. The van der Waals surface area contributed by atoms with Crippen LogP contribution >= 0.6 is 0 Å². The predicted molar refractivity (Wildman–Crippen MR) is 194 cm³/mol. The Kier molecular flexibility index (Phi) is 7.27. The second kappa shape index (κ2) is 11.5. The van der Waals surface area contributed by atoms with Gasteiger partial charge in [-0.25, -0.2) is 9.97 Å². The van der Waals surface area contributed by atoms with Crippen LogP contribution < -0.4 is 4.74 Å². The van der Waals surface area contributed by atoms with Crippen molar-refractivity contribution < 1.29 is 25.8 Å². The van der Waals surface area contributed by atoms with Crippen molar-refractivity contribution in [2.75, 3.05) is 0 Å². The van der Waals surface area contributed by atoms with E-state index in [2.05, 4.69) is 139 Å². The standard InChI is InChI=1S/C42H33N5O.Pt/c1-26-21-38-39(22-27(26)2)47-36-16-9-7-14-34(36)44-41(47)45(38)29-11-10-12-30(24-29)48-31-17-18-33-32-13-6-8-15-35(32)46(37(33)25-31)40-23-28(19-20-43-40)42(3,4)5;/h6-23H,1-5H3;/q-2;+2. The Morgan fingerprint density at radius 2 is 1.39 bits per heavy atom. The third-order valence-corrected chi connectivity index (χ3v) is 9.43. The van der Waals surface area contributed by atoms with E-state index in [-0.39, 0.29) is 26.5 Å². The van der Waals surface area contributed by atoms with E-state index in [0.29, 0.717) is 11.5 Å². The summed E-state index contributed by atoms with van der Waals surface area (Å²) < 4.78 is 13.1. The van der Waals surface area contributed by atoms with Crippen molar-refractivity contribution in [3.63, 3.8) is 0 Å². The number of benzene rings is 5. The predicted octanol–water partition coefficient (Wildman–Crippen LogP) is 10.2. The molecule has 4 heterocycles. The Balaban J connectivity index is 0.00000348. The first kappa shape index (κ1) is 31.1. The molecule has 0 saturated heterocycles. The summed E-state index contributed by atoms with van der Waals surface area (Å²) in [5, 5.41) is 2.24. The van der Waals surface area contributed by atoms with Crippen molar-refractivity contribution in [1.29, 1.82) is 0 Å². The number of rotatable bonds is 4. The van der Waals surface area contributed by atoms with Gasteiger partial charge in [-0.1, -0.05) is 62.3 Å². The van der Waals surface area contributed by atoms with Crippen LogP contribution in [0.1, 0.15) is 37.5 Å². The van der Waals surface area contributed by atoms with E-state index >= 15 is 0 Å². The first-order valence-corrected chi connectivity index (χ1v) is 16.3. The summed E-state index contributed by atoms with van der Waals surface area (Å²) in [4.78, 5) is 9.88. The summed E-state index contributed by atoms with van der Waals surface area (Å²) in [6.45, 7) is 11.0. The van der Waals surface area contributed by atoms with Gasteiger partial charge in [0.15, 0.2) is 0 Å². The SMILES string of the molecule is Cc1cc2c(cc1C)n1c3ccccc3nc1n2-c1[c-]c(Oc2[c-]c3c(cc2)c2ccccc2n3-c2cc(C(C)(C)C)ccn2)ccc1.[Pt+2]. The summed E-state index contributed by atoms with van der Waals surface area (Å²) in [7, 11) is 0. The fourth-order valence-corrected chi connectivity index (χ4v) is 6.81. The van der Waals surface area contributed by atoms with E-state index in [1.807, 2.05) is 30.5 Å². The van der Waals surface area contributed by atoms with Gasteiger partial charge in [0, 0.05) is 23.2 Å². The van der Waals surface area contributed by atoms with Gasteiger partial charge in [0.05, 0.1) is 22.1 Å². The molecular weight excluding hydrogens is 786 g/mol. The summed E-state index contributed by atoms with van der Waals surface area (Å²) in [5.41, 5.74) is 10.7. The fraction of sp³-hybridized carbons (Fsp3) is 0.143. The van der Waals surface area contributed by atoms with E-state index in [4.69, 9.17) is 14.7 Å². The largest absolute Gasteiger partial charge is 2.00 e. The minimum atomic E-state index is -0.00739. The first-order valence-electron chi connectivity index (χ1n) is 16.3. The zero-order valence-electron chi connectivity index (χ0n) is 27.9. The van der Waals surface area contributed by atoms with E-state index in [0.717, 1.165) is 61.2 Å². The van der Waals surface area contributed by atoms with Crippen LogP contribution in [0, 0.1) is 26.0 Å². The Morgan fingerprint density at radius 3 is 2.20 bits per heavy atom. The number of imidazole rings is 2. The minimum Gasteiger partial charge on any atom is -0.509 e. The van der Waals surface area contributed by atoms with Crippen molar-refractivity contribution in [1.82, 2.24) is 23.5 Å². The number of aromatic nitrogens is 5. The number of hydrogen-bond acceptors (Lipinski definition) is 3. The number of ether oxygens (including phenoxy) is 1. The van der Waals surface area contributed by atoms with Crippen LogP contribution in [-0.2, 0) is 26.5 Å². The summed E-state index contributed by atoms with van der Waals surface area (Å²) >= 11 is 0. The maximum absolute atomic E-state index is 6.53. The van der Waals surface area contributed by atoms with E-state index in [9.17, 15) is 0 Å². The summed E-state index contributed by atoms with van der Waals surface area (Å²) in [6, 6.07) is 42.7.